The lowest BCUT2D eigenvalue weighted by Crippen LogP contribution is -2.20. The van der Waals surface area contributed by atoms with Crippen LogP contribution in [0.5, 0.6) is 5.75 Å². The minimum atomic E-state index is -0.468. The maximum Gasteiger partial charge on any atom is 0.338 e. The zero-order chi connectivity index (χ0) is 19.6. The van der Waals surface area contributed by atoms with E-state index < -0.39 is 12.1 Å². The fourth-order valence-corrected chi connectivity index (χ4v) is 2.81. The van der Waals surface area contributed by atoms with E-state index in [4.69, 9.17) is 9.47 Å². The van der Waals surface area contributed by atoms with Crippen LogP contribution in [0.4, 0.5) is 0 Å². The number of esters is 2. The highest BCUT2D eigenvalue weighted by atomic mass is 16.5. The van der Waals surface area contributed by atoms with Crippen molar-refractivity contribution in [2.45, 2.75) is 64.6 Å². The molecule has 0 spiro atoms. The molecule has 5 heteroatoms. The first-order valence-corrected chi connectivity index (χ1v) is 9.59. The molecule has 0 saturated carbocycles. The molecule has 1 aliphatic rings. The summed E-state index contributed by atoms with van der Waals surface area (Å²) in [5, 5.41) is 9.26. The summed E-state index contributed by atoms with van der Waals surface area (Å²) in [6.45, 7) is 4.08. The van der Waals surface area contributed by atoms with Crippen molar-refractivity contribution >= 4 is 11.9 Å². The van der Waals surface area contributed by atoms with Crippen molar-refractivity contribution in [2.24, 2.45) is 0 Å². The largest absolute Gasteiger partial charge is 0.508 e. The second kappa shape index (κ2) is 10.6. The molecule has 0 aromatic heterocycles. The molecule has 27 heavy (non-hydrogen) atoms. The van der Waals surface area contributed by atoms with Gasteiger partial charge in [-0.25, -0.2) is 9.59 Å². The van der Waals surface area contributed by atoms with Gasteiger partial charge in [-0.1, -0.05) is 32.3 Å². The van der Waals surface area contributed by atoms with Crippen LogP contribution in [-0.4, -0.2) is 29.3 Å². The molecule has 0 bridgehead atoms. The van der Waals surface area contributed by atoms with E-state index >= 15 is 0 Å². The van der Waals surface area contributed by atoms with E-state index in [2.05, 4.69) is 6.92 Å². The Kier molecular flexibility index (Phi) is 8.11. The summed E-state index contributed by atoms with van der Waals surface area (Å²) in [7, 11) is 0. The number of phenolic OH excluding ortho intramolecular Hbond substituents is 1. The van der Waals surface area contributed by atoms with E-state index in [1.165, 1.54) is 37.1 Å². The molecule has 0 amide bonds. The van der Waals surface area contributed by atoms with Crippen molar-refractivity contribution in [1.82, 2.24) is 0 Å². The molecule has 1 N–H and O–H groups in total. The van der Waals surface area contributed by atoms with Crippen LogP contribution in [0.1, 0.15) is 62.7 Å². The first-order chi connectivity index (χ1) is 13.0. The molecule has 0 heterocycles. The van der Waals surface area contributed by atoms with Crippen LogP contribution >= 0.6 is 0 Å². The number of aromatic hydroxyl groups is 1. The monoisotopic (exact) mass is 372 g/mol. The molecule has 0 saturated heterocycles. The third-order valence-electron chi connectivity index (χ3n) is 4.43. The second-order valence-electron chi connectivity index (χ2n) is 6.81. The lowest BCUT2D eigenvalue weighted by atomic mass is 10.0. The van der Waals surface area contributed by atoms with Crippen molar-refractivity contribution in [3.63, 3.8) is 0 Å². The van der Waals surface area contributed by atoms with E-state index in [1.807, 2.05) is 6.92 Å². The third-order valence-corrected chi connectivity index (χ3v) is 4.43. The Morgan fingerprint density at radius 2 is 1.89 bits per heavy atom. The maximum atomic E-state index is 12.2. The number of rotatable bonds is 9. The zero-order valence-electron chi connectivity index (χ0n) is 16.0. The quantitative estimate of drug-likeness (QED) is 0.502. The van der Waals surface area contributed by atoms with Crippen molar-refractivity contribution < 1.29 is 24.2 Å². The number of carbonyl (C=O) groups excluding carboxylic acids is 2. The van der Waals surface area contributed by atoms with Gasteiger partial charge in [-0.15, -0.1) is 0 Å². The predicted molar refractivity (Wildman–Crippen MR) is 103 cm³/mol. The molecule has 0 fully saturated rings. The molecule has 5 nitrogen and oxygen atoms in total. The lowest BCUT2D eigenvalue weighted by molar-refractivity contribution is -0.143. The molecule has 146 valence electrons. The summed E-state index contributed by atoms with van der Waals surface area (Å²) in [5.74, 6) is -0.711. The Morgan fingerprint density at radius 3 is 2.52 bits per heavy atom. The fourth-order valence-electron chi connectivity index (χ4n) is 2.81. The van der Waals surface area contributed by atoms with Gasteiger partial charge in [0.25, 0.3) is 0 Å². The number of hydrogen-bond acceptors (Lipinski definition) is 5. The number of phenols is 1. The Bertz CT molecular complexity index is 687. The maximum absolute atomic E-state index is 12.2. The average molecular weight is 372 g/mol. The molecule has 0 aliphatic heterocycles. The van der Waals surface area contributed by atoms with Gasteiger partial charge >= 0.3 is 11.9 Å². The van der Waals surface area contributed by atoms with E-state index in [0.29, 0.717) is 17.6 Å². The van der Waals surface area contributed by atoms with Gasteiger partial charge < -0.3 is 14.6 Å². The molecule has 2 unspecified atom stereocenters. The van der Waals surface area contributed by atoms with Crippen LogP contribution in [0.15, 0.2) is 48.1 Å². The highest BCUT2D eigenvalue weighted by molar-refractivity contribution is 5.92. The Balaban J connectivity index is 1.77. The summed E-state index contributed by atoms with van der Waals surface area (Å²) in [6, 6.07) is 5.88. The van der Waals surface area contributed by atoms with Gasteiger partial charge in [-0.05, 0) is 56.2 Å². The first kappa shape index (κ1) is 20.7. The molecular weight excluding hydrogens is 344 g/mol. The van der Waals surface area contributed by atoms with Crippen LogP contribution < -0.4 is 0 Å². The second-order valence-corrected chi connectivity index (χ2v) is 6.81. The third kappa shape index (κ3) is 6.93. The van der Waals surface area contributed by atoms with E-state index in [1.54, 1.807) is 18.2 Å². The lowest BCUT2D eigenvalue weighted by Gasteiger charge is -2.18. The van der Waals surface area contributed by atoms with Gasteiger partial charge in [0.1, 0.15) is 11.9 Å². The summed E-state index contributed by atoms with van der Waals surface area (Å²) in [4.78, 5) is 24.3. The average Bonchev–Trinajstić information content (AvgIpc) is 2.66. The molecule has 1 aromatic carbocycles. The van der Waals surface area contributed by atoms with Crippen molar-refractivity contribution in [3.8, 4) is 5.75 Å². The van der Waals surface area contributed by atoms with Crippen molar-refractivity contribution in [2.75, 3.05) is 0 Å². The smallest absolute Gasteiger partial charge is 0.338 e. The molecular formula is C22H28O5. The summed E-state index contributed by atoms with van der Waals surface area (Å²) >= 11 is 0. The zero-order valence-corrected chi connectivity index (χ0v) is 16.0. The molecule has 2 atom stereocenters. The number of unbranched alkanes of at least 4 members (excludes halogenated alkanes) is 3. The van der Waals surface area contributed by atoms with Gasteiger partial charge in [0.15, 0.2) is 0 Å². The molecule has 0 radical (unpaired) electrons. The van der Waals surface area contributed by atoms with Crippen LogP contribution in [0.3, 0.4) is 0 Å². The van der Waals surface area contributed by atoms with Crippen LogP contribution in [0.2, 0.25) is 0 Å². The number of carbonyl (C=O) groups is 2. The fraction of sp³-hybridized carbons (Fsp3) is 0.455. The highest BCUT2D eigenvalue weighted by Gasteiger charge is 2.19. The van der Waals surface area contributed by atoms with Crippen LogP contribution in [-0.2, 0) is 14.3 Å². The summed E-state index contributed by atoms with van der Waals surface area (Å²) in [6.07, 6.45) is 10.5. The Labute approximate surface area is 160 Å². The summed E-state index contributed by atoms with van der Waals surface area (Å²) < 4.78 is 10.9. The Morgan fingerprint density at radius 1 is 1.15 bits per heavy atom. The van der Waals surface area contributed by atoms with Crippen LogP contribution in [0, 0.1) is 0 Å². The van der Waals surface area contributed by atoms with Gasteiger partial charge in [-0.2, -0.15) is 0 Å². The van der Waals surface area contributed by atoms with Gasteiger partial charge in [0.05, 0.1) is 17.2 Å². The topological polar surface area (TPSA) is 72.8 Å². The van der Waals surface area contributed by atoms with Gasteiger partial charge in [0.2, 0.25) is 0 Å². The number of benzene rings is 1. The number of hydrogen-bond donors (Lipinski definition) is 1. The molecule has 2 rings (SSSR count). The normalized spacial score (nSPS) is 17.1. The highest BCUT2D eigenvalue weighted by Crippen LogP contribution is 2.18. The van der Waals surface area contributed by atoms with Gasteiger partial charge in [0, 0.05) is 6.42 Å². The van der Waals surface area contributed by atoms with E-state index in [-0.39, 0.29) is 17.8 Å². The minimum absolute atomic E-state index is 0.0924. The first-order valence-electron chi connectivity index (χ1n) is 9.59. The molecule has 1 aromatic rings. The number of ether oxygens (including phenoxy) is 2. The Hall–Kier alpha value is -2.56. The molecule has 1 aliphatic carbocycles. The van der Waals surface area contributed by atoms with Crippen molar-refractivity contribution in [3.05, 3.63) is 53.6 Å². The SMILES string of the molecule is CCCCCCC(C)OC(=O)C1=CCC(OC(=O)c2ccc(O)cc2)C=C1. The predicted octanol–water partition coefficient (Wildman–Crippen LogP) is 4.71. The van der Waals surface area contributed by atoms with Crippen LogP contribution in [0.25, 0.3) is 0 Å². The van der Waals surface area contributed by atoms with E-state index in [0.717, 1.165) is 19.3 Å². The van der Waals surface area contributed by atoms with E-state index in [9.17, 15) is 14.7 Å². The van der Waals surface area contributed by atoms with Gasteiger partial charge in [-0.3, -0.25) is 0 Å². The standard InChI is InChI=1S/C22H28O5/c1-3-4-5-6-7-16(2)26-21(24)18-10-14-20(15-11-18)27-22(25)17-8-12-19(23)13-9-17/h8-14,16,20,23H,3-7,15H2,1-2H3. The summed E-state index contributed by atoms with van der Waals surface area (Å²) in [5.41, 5.74) is 0.861. The van der Waals surface area contributed by atoms with Crippen molar-refractivity contribution in [1.29, 1.82) is 0 Å². The minimum Gasteiger partial charge on any atom is -0.508 e.